The van der Waals surface area contributed by atoms with Crippen LogP contribution in [0, 0.1) is 5.82 Å². The number of carbonyl (C=O) groups is 1. The first-order valence-electron chi connectivity index (χ1n) is 7.69. The van der Waals surface area contributed by atoms with Crippen LogP contribution in [0.3, 0.4) is 0 Å². The molecule has 3 nitrogen and oxygen atoms in total. The van der Waals surface area contributed by atoms with Crippen molar-refractivity contribution in [2.75, 3.05) is 7.11 Å². The quantitative estimate of drug-likeness (QED) is 0.867. The molecule has 1 amide bonds. The van der Waals surface area contributed by atoms with Gasteiger partial charge in [-0.25, -0.2) is 4.39 Å². The Bertz CT molecular complexity index is 658. The second kappa shape index (κ2) is 7.77. The van der Waals surface area contributed by atoms with E-state index in [9.17, 15) is 9.18 Å². The minimum atomic E-state index is -0.427. The zero-order chi connectivity index (χ0) is 16.8. The van der Waals surface area contributed by atoms with Crippen molar-refractivity contribution < 1.29 is 13.9 Å². The van der Waals surface area contributed by atoms with Crippen LogP contribution in [0.15, 0.2) is 48.5 Å². The molecule has 0 bridgehead atoms. The lowest BCUT2D eigenvalue weighted by atomic mass is 9.97. The SMILES string of the molecule is COc1ccc(C(C)NC(=O)CC(C)c2ccccc2)cc1F. The summed E-state index contributed by atoms with van der Waals surface area (Å²) in [5, 5.41) is 2.92. The van der Waals surface area contributed by atoms with Gasteiger partial charge in [0.2, 0.25) is 5.91 Å². The standard InChI is InChI=1S/C19H22FNO2/c1-13(15-7-5-4-6-8-15)11-19(22)21-14(2)16-9-10-18(23-3)17(20)12-16/h4-10,12-14H,11H2,1-3H3,(H,21,22). The lowest BCUT2D eigenvalue weighted by Gasteiger charge is -2.17. The summed E-state index contributed by atoms with van der Waals surface area (Å²) in [6, 6.07) is 14.4. The number of ether oxygens (including phenoxy) is 1. The molecule has 0 aromatic heterocycles. The molecule has 2 rings (SSSR count). The predicted molar refractivity (Wildman–Crippen MR) is 89.0 cm³/mol. The first-order chi connectivity index (χ1) is 11.0. The van der Waals surface area contributed by atoms with Gasteiger partial charge in [-0.3, -0.25) is 4.79 Å². The molecule has 0 aliphatic heterocycles. The Morgan fingerprint density at radius 1 is 1.13 bits per heavy atom. The number of rotatable bonds is 6. The normalized spacial score (nSPS) is 13.2. The maximum Gasteiger partial charge on any atom is 0.221 e. The van der Waals surface area contributed by atoms with E-state index in [1.54, 1.807) is 12.1 Å². The van der Waals surface area contributed by atoms with Crippen molar-refractivity contribution in [3.63, 3.8) is 0 Å². The highest BCUT2D eigenvalue weighted by molar-refractivity contribution is 5.77. The summed E-state index contributed by atoms with van der Waals surface area (Å²) in [5.74, 6) is -0.144. The molecule has 0 aliphatic rings. The predicted octanol–water partition coefficient (Wildman–Crippen LogP) is 4.21. The highest BCUT2D eigenvalue weighted by Gasteiger charge is 2.15. The summed E-state index contributed by atoms with van der Waals surface area (Å²) < 4.78 is 18.6. The summed E-state index contributed by atoms with van der Waals surface area (Å²) in [7, 11) is 1.42. The van der Waals surface area contributed by atoms with E-state index >= 15 is 0 Å². The van der Waals surface area contributed by atoms with Crippen LogP contribution in [0.25, 0.3) is 0 Å². The van der Waals surface area contributed by atoms with Crippen LogP contribution in [0.2, 0.25) is 0 Å². The van der Waals surface area contributed by atoms with Crippen molar-refractivity contribution in [1.29, 1.82) is 0 Å². The average molecular weight is 315 g/mol. The minimum Gasteiger partial charge on any atom is -0.494 e. The smallest absolute Gasteiger partial charge is 0.221 e. The largest absolute Gasteiger partial charge is 0.494 e. The second-order valence-corrected chi connectivity index (χ2v) is 5.70. The zero-order valence-corrected chi connectivity index (χ0v) is 13.7. The molecule has 0 saturated carbocycles. The molecular weight excluding hydrogens is 293 g/mol. The lowest BCUT2D eigenvalue weighted by Crippen LogP contribution is -2.27. The molecular formula is C19H22FNO2. The number of hydrogen-bond donors (Lipinski definition) is 1. The fraction of sp³-hybridized carbons (Fsp3) is 0.316. The van der Waals surface area contributed by atoms with E-state index in [-0.39, 0.29) is 23.6 Å². The van der Waals surface area contributed by atoms with Crippen LogP contribution in [0.4, 0.5) is 4.39 Å². The summed E-state index contributed by atoms with van der Waals surface area (Å²) in [6.07, 6.45) is 0.396. The Hall–Kier alpha value is -2.36. The molecule has 0 saturated heterocycles. The van der Waals surface area contributed by atoms with Gasteiger partial charge in [-0.1, -0.05) is 43.3 Å². The molecule has 2 unspecified atom stereocenters. The Balaban J connectivity index is 1.95. The third kappa shape index (κ3) is 4.55. The zero-order valence-electron chi connectivity index (χ0n) is 13.7. The van der Waals surface area contributed by atoms with E-state index in [1.165, 1.54) is 13.2 Å². The van der Waals surface area contributed by atoms with Crippen LogP contribution in [0.5, 0.6) is 5.75 Å². The van der Waals surface area contributed by atoms with Gasteiger partial charge in [-0.05, 0) is 36.1 Å². The summed E-state index contributed by atoms with van der Waals surface area (Å²) >= 11 is 0. The number of nitrogens with one attached hydrogen (secondary N) is 1. The van der Waals surface area contributed by atoms with Crippen molar-refractivity contribution in [1.82, 2.24) is 5.32 Å². The monoisotopic (exact) mass is 315 g/mol. The minimum absolute atomic E-state index is 0.0509. The van der Waals surface area contributed by atoms with E-state index in [0.717, 1.165) is 5.56 Å². The van der Waals surface area contributed by atoms with Gasteiger partial charge in [-0.2, -0.15) is 0 Å². The van der Waals surface area contributed by atoms with Crippen LogP contribution in [-0.4, -0.2) is 13.0 Å². The van der Waals surface area contributed by atoms with Crippen molar-refractivity contribution in [3.8, 4) is 5.75 Å². The molecule has 0 aliphatic carbocycles. The molecule has 0 spiro atoms. The van der Waals surface area contributed by atoms with Crippen molar-refractivity contribution >= 4 is 5.91 Å². The van der Waals surface area contributed by atoms with Gasteiger partial charge in [0.1, 0.15) is 0 Å². The van der Waals surface area contributed by atoms with Crippen LogP contribution >= 0.6 is 0 Å². The van der Waals surface area contributed by atoms with Crippen LogP contribution in [-0.2, 0) is 4.79 Å². The second-order valence-electron chi connectivity index (χ2n) is 5.70. The summed E-state index contributed by atoms with van der Waals surface area (Å²) in [5.41, 5.74) is 1.84. The first-order valence-corrected chi connectivity index (χ1v) is 7.69. The van der Waals surface area contributed by atoms with Crippen molar-refractivity contribution in [3.05, 3.63) is 65.5 Å². The molecule has 1 N–H and O–H groups in total. The topological polar surface area (TPSA) is 38.3 Å². The lowest BCUT2D eigenvalue weighted by molar-refractivity contribution is -0.122. The van der Waals surface area contributed by atoms with Crippen LogP contribution < -0.4 is 10.1 Å². The molecule has 2 atom stereocenters. The number of methoxy groups -OCH3 is 1. The van der Waals surface area contributed by atoms with Gasteiger partial charge in [0.05, 0.1) is 13.2 Å². The van der Waals surface area contributed by atoms with E-state index in [2.05, 4.69) is 5.32 Å². The molecule has 0 fully saturated rings. The Kier molecular flexibility index (Phi) is 5.74. The molecule has 122 valence electrons. The summed E-state index contributed by atoms with van der Waals surface area (Å²) in [4.78, 5) is 12.2. The molecule has 23 heavy (non-hydrogen) atoms. The Morgan fingerprint density at radius 3 is 2.43 bits per heavy atom. The van der Waals surface area contributed by atoms with Crippen molar-refractivity contribution in [2.24, 2.45) is 0 Å². The molecule has 2 aromatic rings. The maximum atomic E-state index is 13.7. The third-order valence-corrected chi connectivity index (χ3v) is 3.91. The van der Waals surface area contributed by atoms with Gasteiger partial charge >= 0.3 is 0 Å². The molecule has 0 heterocycles. The highest BCUT2D eigenvalue weighted by atomic mass is 19.1. The number of benzene rings is 2. The van der Waals surface area contributed by atoms with Gasteiger partial charge in [-0.15, -0.1) is 0 Å². The Morgan fingerprint density at radius 2 is 1.83 bits per heavy atom. The number of halogens is 1. The van der Waals surface area contributed by atoms with Gasteiger partial charge in [0, 0.05) is 6.42 Å². The number of hydrogen-bond acceptors (Lipinski definition) is 2. The van der Waals surface area contributed by atoms with Gasteiger partial charge < -0.3 is 10.1 Å². The van der Waals surface area contributed by atoms with Gasteiger partial charge in [0.25, 0.3) is 0 Å². The van der Waals surface area contributed by atoms with Crippen LogP contribution in [0.1, 0.15) is 43.4 Å². The average Bonchev–Trinajstić information content (AvgIpc) is 2.55. The fourth-order valence-corrected chi connectivity index (χ4v) is 2.51. The van der Waals surface area contributed by atoms with Crippen molar-refractivity contribution in [2.45, 2.75) is 32.2 Å². The van der Waals surface area contributed by atoms with E-state index < -0.39 is 5.82 Å². The van der Waals surface area contributed by atoms with E-state index in [1.807, 2.05) is 44.2 Å². The van der Waals surface area contributed by atoms with Gasteiger partial charge in [0.15, 0.2) is 11.6 Å². The van der Waals surface area contributed by atoms with E-state index in [0.29, 0.717) is 12.0 Å². The number of carbonyl (C=O) groups excluding carboxylic acids is 1. The van der Waals surface area contributed by atoms with E-state index in [4.69, 9.17) is 4.74 Å². The molecule has 2 aromatic carbocycles. The maximum absolute atomic E-state index is 13.7. The third-order valence-electron chi connectivity index (χ3n) is 3.91. The first kappa shape index (κ1) is 17.0. The Labute approximate surface area is 136 Å². The summed E-state index contributed by atoms with van der Waals surface area (Å²) in [6.45, 7) is 3.86. The number of amides is 1. The fourth-order valence-electron chi connectivity index (χ4n) is 2.51. The molecule has 4 heteroatoms. The highest BCUT2D eigenvalue weighted by Crippen LogP contribution is 2.23. The molecule has 0 radical (unpaired) electrons.